The quantitative estimate of drug-likeness (QED) is 0.439. The summed E-state index contributed by atoms with van der Waals surface area (Å²) in [6.07, 6.45) is 2.74. The molecule has 0 radical (unpaired) electrons. The number of furan rings is 1. The standard InChI is InChI=1S/C25H28O3/c1-5-6-17-20-23(28-24(26)25(2,3)4)21(18-13-9-7-10-14-18)22(27-20)19-15-11-8-12-16-19/h7-16H,5-6,17H2,1-4H3. The van der Waals surface area contributed by atoms with Gasteiger partial charge in [-0.15, -0.1) is 0 Å². The van der Waals surface area contributed by atoms with Gasteiger partial charge in [0, 0.05) is 12.0 Å². The Bertz CT molecular complexity index is 916. The Morgan fingerprint density at radius 2 is 1.50 bits per heavy atom. The number of unbranched alkanes of at least 4 members (excludes halogenated alkanes) is 1. The highest BCUT2D eigenvalue weighted by molar-refractivity contribution is 5.88. The minimum absolute atomic E-state index is 0.261. The van der Waals surface area contributed by atoms with Crippen LogP contribution >= 0.6 is 0 Å². The molecular formula is C25H28O3. The predicted octanol–water partition coefficient (Wildman–Crippen LogP) is 6.91. The van der Waals surface area contributed by atoms with Crippen LogP contribution in [0.1, 0.15) is 46.3 Å². The van der Waals surface area contributed by atoms with Crippen molar-refractivity contribution in [2.45, 2.75) is 47.0 Å². The average Bonchev–Trinajstić information content (AvgIpc) is 3.05. The first-order valence-corrected chi connectivity index (χ1v) is 9.90. The number of carbonyl (C=O) groups is 1. The van der Waals surface area contributed by atoms with Crippen molar-refractivity contribution in [3.8, 4) is 28.2 Å². The molecule has 1 heterocycles. The fraction of sp³-hybridized carbons (Fsp3) is 0.320. The monoisotopic (exact) mass is 376 g/mol. The molecule has 0 saturated carbocycles. The molecule has 3 heteroatoms. The molecular weight excluding hydrogens is 348 g/mol. The molecule has 0 fully saturated rings. The van der Waals surface area contributed by atoms with Crippen LogP contribution in [0.25, 0.3) is 22.5 Å². The fourth-order valence-corrected chi connectivity index (χ4v) is 2.98. The molecule has 146 valence electrons. The first-order chi connectivity index (χ1) is 13.4. The maximum atomic E-state index is 12.7. The molecule has 0 bridgehead atoms. The van der Waals surface area contributed by atoms with Gasteiger partial charge in [-0.05, 0) is 32.8 Å². The Hall–Kier alpha value is -2.81. The molecule has 0 N–H and O–H groups in total. The van der Waals surface area contributed by atoms with E-state index in [1.54, 1.807) is 0 Å². The van der Waals surface area contributed by atoms with Crippen molar-refractivity contribution in [3.63, 3.8) is 0 Å². The second-order valence-electron chi connectivity index (χ2n) is 8.03. The fourth-order valence-electron chi connectivity index (χ4n) is 2.98. The van der Waals surface area contributed by atoms with Crippen LogP contribution in [0.3, 0.4) is 0 Å². The van der Waals surface area contributed by atoms with E-state index < -0.39 is 5.41 Å². The predicted molar refractivity (Wildman–Crippen MR) is 113 cm³/mol. The number of aryl methyl sites for hydroxylation is 1. The minimum Gasteiger partial charge on any atom is -0.456 e. The van der Waals surface area contributed by atoms with E-state index in [9.17, 15) is 4.79 Å². The highest BCUT2D eigenvalue weighted by Gasteiger charge is 2.30. The molecule has 0 aliphatic carbocycles. The highest BCUT2D eigenvalue weighted by Crippen LogP contribution is 2.45. The lowest BCUT2D eigenvalue weighted by Gasteiger charge is -2.17. The minimum atomic E-state index is -0.597. The molecule has 1 aromatic heterocycles. The van der Waals surface area contributed by atoms with Gasteiger partial charge in [0.15, 0.2) is 5.75 Å². The van der Waals surface area contributed by atoms with Crippen molar-refractivity contribution in [1.82, 2.24) is 0 Å². The normalized spacial score (nSPS) is 11.4. The maximum absolute atomic E-state index is 12.7. The summed E-state index contributed by atoms with van der Waals surface area (Å²) < 4.78 is 12.3. The van der Waals surface area contributed by atoms with E-state index >= 15 is 0 Å². The lowest BCUT2D eigenvalue weighted by atomic mass is 9.97. The number of carbonyl (C=O) groups excluding carboxylic acids is 1. The highest BCUT2D eigenvalue weighted by atomic mass is 16.5. The van der Waals surface area contributed by atoms with Gasteiger partial charge in [0.2, 0.25) is 0 Å². The summed E-state index contributed by atoms with van der Waals surface area (Å²) in [5, 5.41) is 0. The van der Waals surface area contributed by atoms with Gasteiger partial charge >= 0.3 is 5.97 Å². The van der Waals surface area contributed by atoms with Crippen LogP contribution in [-0.4, -0.2) is 5.97 Å². The number of benzene rings is 2. The van der Waals surface area contributed by atoms with E-state index in [0.717, 1.165) is 47.5 Å². The van der Waals surface area contributed by atoms with Crippen molar-refractivity contribution in [2.24, 2.45) is 5.41 Å². The van der Waals surface area contributed by atoms with Crippen LogP contribution in [-0.2, 0) is 11.2 Å². The number of ether oxygens (including phenoxy) is 1. The van der Waals surface area contributed by atoms with Gasteiger partial charge in [-0.2, -0.15) is 0 Å². The first-order valence-electron chi connectivity index (χ1n) is 9.90. The molecule has 0 aliphatic heterocycles. The van der Waals surface area contributed by atoms with Crippen molar-refractivity contribution < 1.29 is 13.9 Å². The van der Waals surface area contributed by atoms with Crippen LogP contribution in [0.15, 0.2) is 65.1 Å². The van der Waals surface area contributed by atoms with Gasteiger partial charge in [0.05, 0.1) is 11.0 Å². The number of hydrogen-bond donors (Lipinski definition) is 0. The summed E-state index contributed by atoms with van der Waals surface area (Å²) in [5.74, 6) is 1.77. The summed E-state index contributed by atoms with van der Waals surface area (Å²) >= 11 is 0. The molecule has 28 heavy (non-hydrogen) atoms. The number of esters is 1. The van der Waals surface area contributed by atoms with Crippen molar-refractivity contribution in [2.75, 3.05) is 0 Å². The summed E-state index contributed by atoms with van der Waals surface area (Å²) in [4.78, 5) is 12.7. The first kappa shape index (κ1) is 19.9. The molecule has 3 aromatic rings. The Morgan fingerprint density at radius 3 is 2.04 bits per heavy atom. The molecule has 3 rings (SSSR count). The Labute approximate surface area is 167 Å². The zero-order valence-electron chi connectivity index (χ0n) is 17.1. The van der Waals surface area contributed by atoms with Gasteiger partial charge in [-0.1, -0.05) is 74.0 Å². The van der Waals surface area contributed by atoms with Gasteiger partial charge in [-0.3, -0.25) is 4.79 Å². The lowest BCUT2D eigenvalue weighted by molar-refractivity contribution is -0.143. The number of hydrogen-bond acceptors (Lipinski definition) is 3. The van der Waals surface area contributed by atoms with Crippen LogP contribution < -0.4 is 4.74 Å². The Balaban J connectivity index is 2.21. The second kappa shape index (κ2) is 8.47. The van der Waals surface area contributed by atoms with E-state index in [0.29, 0.717) is 5.75 Å². The van der Waals surface area contributed by atoms with Crippen molar-refractivity contribution in [3.05, 3.63) is 66.4 Å². The molecule has 2 aromatic carbocycles. The summed E-state index contributed by atoms with van der Waals surface area (Å²) in [6.45, 7) is 7.73. The second-order valence-corrected chi connectivity index (χ2v) is 8.03. The largest absolute Gasteiger partial charge is 0.456 e. The van der Waals surface area contributed by atoms with Crippen LogP contribution in [0.4, 0.5) is 0 Å². The molecule has 0 spiro atoms. The van der Waals surface area contributed by atoms with Gasteiger partial charge in [0.1, 0.15) is 11.5 Å². The lowest BCUT2D eigenvalue weighted by Crippen LogP contribution is -2.26. The molecule has 0 atom stereocenters. The Morgan fingerprint density at radius 1 is 0.929 bits per heavy atom. The number of rotatable bonds is 6. The smallest absolute Gasteiger partial charge is 0.316 e. The van der Waals surface area contributed by atoms with Gasteiger partial charge < -0.3 is 9.15 Å². The third-order valence-corrected chi connectivity index (χ3v) is 4.60. The SMILES string of the molecule is CCCCc1oc(-c2ccccc2)c(-c2ccccc2)c1OC(=O)C(C)(C)C. The topological polar surface area (TPSA) is 39.4 Å². The van der Waals surface area contributed by atoms with Gasteiger partial charge in [-0.25, -0.2) is 0 Å². The van der Waals surface area contributed by atoms with Gasteiger partial charge in [0.25, 0.3) is 0 Å². The molecule has 0 saturated heterocycles. The van der Waals surface area contributed by atoms with E-state index in [1.165, 1.54) is 0 Å². The van der Waals surface area contributed by atoms with Crippen molar-refractivity contribution in [1.29, 1.82) is 0 Å². The third kappa shape index (κ3) is 4.36. The van der Waals surface area contributed by atoms with Crippen LogP contribution in [0, 0.1) is 5.41 Å². The summed E-state index contributed by atoms with van der Waals surface area (Å²) in [6, 6.07) is 20.0. The molecule has 3 nitrogen and oxygen atoms in total. The zero-order valence-corrected chi connectivity index (χ0v) is 17.1. The third-order valence-electron chi connectivity index (χ3n) is 4.60. The molecule has 0 amide bonds. The Kier molecular flexibility index (Phi) is 6.03. The maximum Gasteiger partial charge on any atom is 0.316 e. The summed E-state index contributed by atoms with van der Waals surface area (Å²) in [7, 11) is 0. The van der Waals surface area contributed by atoms with Crippen LogP contribution in [0.5, 0.6) is 5.75 Å². The van der Waals surface area contributed by atoms with E-state index in [4.69, 9.17) is 9.15 Å². The average molecular weight is 376 g/mol. The molecule has 0 aliphatic rings. The van der Waals surface area contributed by atoms with Crippen LogP contribution in [0.2, 0.25) is 0 Å². The van der Waals surface area contributed by atoms with Crippen molar-refractivity contribution >= 4 is 5.97 Å². The summed E-state index contributed by atoms with van der Waals surface area (Å²) in [5.41, 5.74) is 2.19. The molecule has 0 unspecified atom stereocenters. The zero-order chi connectivity index (χ0) is 20.1. The van der Waals surface area contributed by atoms with E-state index in [1.807, 2.05) is 81.4 Å². The van der Waals surface area contributed by atoms with E-state index in [2.05, 4.69) is 6.92 Å². The van der Waals surface area contributed by atoms with E-state index in [-0.39, 0.29) is 5.97 Å².